The average molecular weight is 170 g/mol. The molecule has 0 bridgehead atoms. The lowest BCUT2D eigenvalue weighted by Crippen LogP contribution is -2.23. The predicted molar refractivity (Wildman–Crippen MR) is 43.6 cm³/mol. The van der Waals surface area contributed by atoms with Crippen LogP contribution in [0.25, 0.3) is 0 Å². The molecule has 12 heavy (non-hydrogen) atoms. The second-order valence-corrected chi connectivity index (χ2v) is 3.70. The fourth-order valence-electron chi connectivity index (χ4n) is 2.06. The number of carboxylic acids is 1. The largest absolute Gasteiger partial charge is 0.481 e. The highest BCUT2D eigenvalue weighted by Crippen LogP contribution is 2.38. The van der Waals surface area contributed by atoms with Crippen molar-refractivity contribution in [2.75, 3.05) is 0 Å². The van der Waals surface area contributed by atoms with Crippen LogP contribution < -0.4 is 0 Å². The van der Waals surface area contributed by atoms with Crippen LogP contribution in [0.5, 0.6) is 0 Å². The molecule has 0 heterocycles. The SMILES string of the molecule is C[C@H]1[C@@H](C(=O)O)[C@@H](C)C(=O)[C@@H]1C. The van der Waals surface area contributed by atoms with Crippen LogP contribution in [-0.2, 0) is 9.59 Å². The summed E-state index contributed by atoms with van der Waals surface area (Å²) in [7, 11) is 0. The third-order valence-electron chi connectivity index (χ3n) is 3.08. The quantitative estimate of drug-likeness (QED) is 0.642. The molecule has 1 N–H and O–H groups in total. The number of rotatable bonds is 1. The van der Waals surface area contributed by atoms with Gasteiger partial charge in [0.2, 0.25) is 0 Å². The molecule has 1 fully saturated rings. The molecule has 1 aliphatic rings. The summed E-state index contributed by atoms with van der Waals surface area (Å²) >= 11 is 0. The monoisotopic (exact) mass is 170 g/mol. The Labute approximate surface area is 71.8 Å². The molecule has 0 radical (unpaired) electrons. The van der Waals surface area contributed by atoms with Crippen molar-refractivity contribution in [3.05, 3.63) is 0 Å². The molecule has 0 unspecified atom stereocenters. The zero-order chi connectivity index (χ0) is 9.46. The van der Waals surface area contributed by atoms with E-state index in [0.717, 1.165) is 0 Å². The molecule has 0 saturated heterocycles. The lowest BCUT2D eigenvalue weighted by Gasteiger charge is -2.13. The topological polar surface area (TPSA) is 54.4 Å². The van der Waals surface area contributed by atoms with E-state index < -0.39 is 11.9 Å². The summed E-state index contributed by atoms with van der Waals surface area (Å²) in [6, 6.07) is 0. The van der Waals surface area contributed by atoms with E-state index >= 15 is 0 Å². The Morgan fingerprint density at radius 2 is 1.75 bits per heavy atom. The first-order valence-electron chi connectivity index (χ1n) is 4.23. The number of aliphatic carboxylic acids is 1. The molecule has 1 rings (SSSR count). The van der Waals surface area contributed by atoms with E-state index in [0.29, 0.717) is 0 Å². The second kappa shape index (κ2) is 2.88. The molecule has 0 aromatic carbocycles. The van der Waals surface area contributed by atoms with Gasteiger partial charge in [0.15, 0.2) is 0 Å². The van der Waals surface area contributed by atoms with Gasteiger partial charge in [-0.1, -0.05) is 20.8 Å². The van der Waals surface area contributed by atoms with Gasteiger partial charge in [-0.2, -0.15) is 0 Å². The van der Waals surface area contributed by atoms with E-state index in [9.17, 15) is 9.59 Å². The van der Waals surface area contributed by atoms with Gasteiger partial charge < -0.3 is 5.11 Å². The molecule has 4 atom stereocenters. The minimum Gasteiger partial charge on any atom is -0.481 e. The molecule has 3 nitrogen and oxygen atoms in total. The number of carbonyl (C=O) groups is 2. The number of hydrogen-bond donors (Lipinski definition) is 1. The van der Waals surface area contributed by atoms with Crippen LogP contribution in [0.3, 0.4) is 0 Å². The second-order valence-electron chi connectivity index (χ2n) is 3.70. The van der Waals surface area contributed by atoms with Crippen LogP contribution in [0.15, 0.2) is 0 Å². The maximum atomic E-state index is 11.4. The van der Waals surface area contributed by atoms with Gasteiger partial charge in [0, 0.05) is 11.8 Å². The predicted octanol–water partition coefficient (Wildman–Crippen LogP) is 1.18. The molecule has 68 valence electrons. The molecule has 0 aromatic heterocycles. The van der Waals surface area contributed by atoms with Crippen molar-refractivity contribution in [3.8, 4) is 0 Å². The molecule has 1 saturated carbocycles. The van der Waals surface area contributed by atoms with Crippen molar-refractivity contribution in [1.29, 1.82) is 0 Å². The summed E-state index contributed by atoms with van der Waals surface area (Å²) < 4.78 is 0. The van der Waals surface area contributed by atoms with Crippen molar-refractivity contribution >= 4 is 11.8 Å². The lowest BCUT2D eigenvalue weighted by atomic mass is 9.90. The van der Waals surface area contributed by atoms with Crippen LogP contribution in [0, 0.1) is 23.7 Å². The van der Waals surface area contributed by atoms with Gasteiger partial charge in [-0.15, -0.1) is 0 Å². The number of ketones is 1. The highest BCUT2D eigenvalue weighted by Gasteiger charge is 2.46. The molecule has 3 heteroatoms. The van der Waals surface area contributed by atoms with Crippen LogP contribution in [-0.4, -0.2) is 16.9 Å². The zero-order valence-electron chi connectivity index (χ0n) is 7.57. The van der Waals surface area contributed by atoms with E-state index in [4.69, 9.17) is 5.11 Å². The molecule has 1 aliphatic carbocycles. The zero-order valence-corrected chi connectivity index (χ0v) is 7.57. The van der Waals surface area contributed by atoms with E-state index in [2.05, 4.69) is 0 Å². The normalized spacial score (nSPS) is 41.8. The Morgan fingerprint density at radius 1 is 1.25 bits per heavy atom. The minimum absolute atomic E-state index is 0.0231. The van der Waals surface area contributed by atoms with Gasteiger partial charge in [-0.25, -0.2) is 0 Å². The fourth-order valence-corrected chi connectivity index (χ4v) is 2.06. The van der Waals surface area contributed by atoms with E-state index in [1.165, 1.54) is 0 Å². The van der Waals surface area contributed by atoms with Crippen molar-refractivity contribution < 1.29 is 14.7 Å². The maximum Gasteiger partial charge on any atom is 0.307 e. The Kier molecular flexibility index (Phi) is 2.22. The van der Waals surface area contributed by atoms with Crippen LogP contribution in [0.4, 0.5) is 0 Å². The van der Waals surface area contributed by atoms with Crippen LogP contribution >= 0.6 is 0 Å². The Balaban J connectivity index is 2.90. The van der Waals surface area contributed by atoms with Crippen LogP contribution in [0.1, 0.15) is 20.8 Å². The molecular formula is C9H14O3. The van der Waals surface area contributed by atoms with Crippen LogP contribution in [0.2, 0.25) is 0 Å². The lowest BCUT2D eigenvalue weighted by molar-refractivity contribution is -0.145. The number of carbonyl (C=O) groups excluding carboxylic acids is 1. The van der Waals surface area contributed by atoms with E-state index in [-0.39, 0.29) is 23.5 Å². The number of Topliss-reactive ketones (excluding diaryl/α,β-unsaturated/α-hetero) is 1. The molecule has 0 aromatic rings. The molecule has 0 aliphatic heterocycles. The van der Waals surface area contributed by atoms with Gasteiger partial charge in [0.05, 0.1) is 5.92 Å². The van der Waals surface area contributed by atoms with E-state index in [1.807, 2.05) is 13.8 Å². The summed E-state index contributed by atoms with van der Waals surface area (Å²) in [4.78, 5) is 22.1. The van der Waals surface area contributed by atoms with E-state index in [1.54, 1.807) is 6.92 Å². The standard InChI is InChI=1S/C9H14O3/c1-4-5(2)8(10)6(3)7(4)9(11)12/h4-7H,1-3H3,(H,11,12)/t4-,5-,6-,7-/m1/s1. The van der Waals surface area contributed by atoms with Gasteiger partial charge in [0.25, 0.3) is 0 Å². The van der Waals surface area contributed by atoms with Crippen molar-refractivity contribution in [3.63, 3.8) is 0 Å². The summed E-state index contributed by atoms with van der Waals surface area (Å²) in [5.41, 5.74) is 0. The summed E-state index contributed by atoms with van der Waals surface area (Å²) in [6.45, 7) is 5.36. The Bertz CT molecular complexity index is 222. The third kappa shape index (κ3) is 1.13. The summed E-state index contributed by atoms with van der Waals surface area (Å²) in [6.07, 6.45) is 0. The first kappa shape index (κ1) is 9.23. The number of hydrogen-bond acceptors (Lipinski definition) is 2. The smallest absolute Gasteiger partial charge is 0.307 e. The first-order chi connectivity index (χ1) is 5.46. The van der Waals surface area contributed by atoms with Gasteiger partial charge in [-0.05, 0) is 5.92 Å². The summed E-state index contributed by atoms with van der Waals surface area (Å²) in [5, 5.41) is 8.84. The highest BCUT2D eigenvalue weighted by molar-refractivity contribution is 5.91. The third-order valence-corrected chi connectivity index (χ3v) is 3.08. The Hall–Kier alpha value is -0.860. The van der Waals surface area contributed by atoms with Gasteiger partial charge >= 0.3 is 5.97 Å². The highest BCUT2D eigenvalue weighted by atomic mass is 16.4. The molecule has 0 amide bonds. The molecular weight excluding hydrogens is 156 g/mol. The van der Waals surface area contributed by atoms with Gasteiger partial charge in [0.1, 0.15) is 5.78 Å². The molecule has 0 spiro atoms. The fraction of sp³-hybridized carbons (Fsp3) is 0.778. The van der Waals surface area contributed by atoms with Crippen molar-refractivity contribution in [2.45, 2.75) is 20.8 Å². The summed E-state index contributed by atoms with van der Waals surface area (Å²) in [5.74, 6) is -1.66. The Morgan fingerprint density at radius 3 is 1.92 bits per heavy atom. The van der Waals surface area contributed by atoms with Crippen molar-refractivity contribution in [1.82, 2.24) is 0 Å². The average Bonchev–Trinajstić information content (AvgIpc) is 2.16. The number of carboxylic acid groups (broad SMARTS) is 1. The van der Waals surface area contributed by atoms with Gasteiger partial charge in [-0.3, -0.25) is 9.59 Å². The van der Waals surface area contributed by atoms with Crippen molar-refractivity contribution in [2.24, 2.45) is 23.7 Å². The first-order valence-corrected chi connectivity index (χ1v) is 4.23. The maximum absolute atomic E-state index is 11.4. The minimum atomic E-state index is -0.840.